The molecule has 0 aromatic heterocycles. The number of rotatable bonds is 8. The number of morpholine rings is 1. The molecule has 0 bridgehead atoms. The number of nitrogens with zero attached hydrogens (tertiary/aromatic N) is 3. The first-order chi connectivity index (χ1) is 17.7. The number of aliphatic hydroxyl groups excluding tert-OH is 4. The van der Waals surface area contributed by atoms with Crippen LogP contribution in [0.5, 0.6) is 0 Å². The fraction of sp³-hybridized carbons (Fsp3) is 0.538. The van der Waals surface area contributed by atoms with Crippen molar-refractivity contribution in [3.63, 3.8) is 0 Å². The number of aliphatic hydroxyl groups is 4. The molecule has 37 heavy (non-hydrogen) atoms. The maximum atomic E-state index is 11.8. The van der Waals surface area contributed by atoms with Crippen LogP contribution in [0.2, 0.25) is 0 Å². The summed E-state index contributed by atoms with van der Waals surface area (Å²) in [5.74, 6) is 0. The quantitative estimate of drug-likeness (QED) is 0.255. The zero-order valence-corrected chi connectivity index (χ0v) is 21.1. The van der Waals surface area contributed by atoms with Gasteiger partial charge < -0.3 is 35.4 Å². The predicted octanol–water partition coefficient (Wildman–Crippen LogP) is 1.08. The van der Waals surface area contributed by atoms with Crippen molar-refractivity contribution in [3.05, 3.63) is 63.7 Å². The van der Waals surface area contributed by atoms with Crippen LogP contribution in [0.3, 0.4) is 0 Å². The number of ether oxygens (including phenoxy) is 1. The first-order valence-electron chi connectivity index (χ1n) is 12.6. The van der Waals surface area contributed by atoms with Crippen LogP contribution < -0.4 is 10.2 Å². The summed E-state index contributed by atoms with van der Waals surface area (Å²) in [6, 6.07) is 12.2. The lowest BCUT2D eigenvalue weighted by Crippen LogP contribution is -2.62. The molecule has 2 aliphatic heterocycles. The first kappa shape index (κ1) is 27.2. The van der Waals surface area contributed by atoms with Crippen LogP contribution >= 0.6 is 0 Å². The van der Waals surface area contributed by atoms with Crippen molar-refractivity contribution in [2.45, 2.75) is 63.5 Å². The van der Waals surface area contributed by atoms with Gasteiger partial charge in [-0.2, -0.15) is 0 Å². The van der Waals surface area contributed by atoms with Crippen molar-refractivity contribution in [2.24, 2.45) is 0 Å². The van der Waals surface area contributed by atoms with E-state index in [4.69, 9.17) is 4.74 Å². The standard InChI is InChI=1S/C26H36N4O7/c1-16-11-28(12-17(2)37-16)20-7-8-21(22(9-20)30(35)36)27-10-18-3-5-19(6-4-18)13-29-14-24(32)26(34)25(33)23(29)15-31/h3-9,16-17,23-27,31-34H,10-15H2,1-2H3/t16-,17+,23-,24+,25-,26-/m0/s1. The lowest BCUT2D eigenvalue weighted by Gasteiger charge is -2.43. The SMILES string of the molecule is C[C@@H]1CN(c2ccc(NCc3ccc(CN4C[C@@H](O)[C@H](O)[C@@H](O)[C@@H]4CO)cc3)c([N+](=O)[O-])c2)C[C@H](C)O1. The van der Waals surface area contributed by atoms with Crippen LogP contribution in [-0.4, -0.2) is 93.1 Å². The van der Waals surface area contributed by atoms with Gasteiger partial charge in [-0.3, -0.25) is 15.0 Å². The van der Waals surface area contributed by atoms with Crippen molar-refractivity contribution in [3.8, 4) is 0 Å². The van der Waals surface area contributed by atoms with Gasteiger partial charge in [-0.05, 0) is 37.1 Å². The smallest absolute Gasteiger partial charge is 0.294 e. The average Bonchev–Trinajstić information content (AvgIpc) is 2.86. The van der Waals surface area contributed by atoms with Crippen LogP contribution in [0, 0.1) is 10.1 Å². The number of nitrogens with one attached hydrogen (secondary N) is 1. The number of β-amino-alcohol motifs (C(OH)–C–C–N with tert-alkyl or cyclic N) is 1. The molecule has 11 heteroatoms. The number of piperidine rings is 1. The second kappa shape index (κ2) is 11.7. The van der Waals surface area contributed by atoms with Gasteiger partial charge >= 0.3 is 0 Å². The highest BCUT2D eigenvalue weighted by molar-refractivity contribution is 5.68. The normalized spacial score (nSPS) is 28.8. The molecule has 11 nitrogen and oxygen atoms in total. The summed E-state index contributed by atoms with van der Waals surface area (Å²) in [5, 5.41) is 54.7. The van der Waals surface area contributed by atoms with Gasteiger partial charge in [0.1, 0.15) is 17.9 Å². The third-order valence-corrected chi connectivity index (χ3v) is 7.07. The molecule has 0 radical (unpaired) electrons. The van der Waals surface area contributed by atoms with E-state index in [1.807, 2.05) is 44.2 Å². The molecule has 0 spiro atoms. The Kier molecular flexibility index (Phi) is 8.63. The Morgan fingerprint density at radius 2 is 1.65 bits per heavy atom. The Bertz CT molecular complexity index is 1060. The minimum absolute atomic E-state index is 0.0142. The number of anilines is 2. The van der Waals surface area contributed by atoms with Gasteiger partial charge in [-0.15, -0.1) is 0 Å². The summed E-state index contributed by atoms with van der Waals surface area (Å²) in [6.45, 7) is 5.90. The molecule has 0 aliphatic carbocycles. The maximum Gasteiger partial charge on any atom is 0.294 e. The number of hydrogen-bond acceptors (Lipinski definition) is 10. The Labute approximate surface area is 216 Å². The largest absolute Gasteiger partial charge is 0.395 e. The Balaban J connectivity index is 1.40. The molecule has 2 aromatic carbocycles. The van der Waals surface area contributed by atoms with E-state index in [9.17, 15) is 30.5 Å². The van der Waals surface area contributed by atoms with E-state index in [2.05, 4.69) is 10.2 Å². The monoisotopic (exact) mass is 516 g/mol. The zero-order valence-electron chi connectivity index (χ0n) is 21.1. The van der Waals surface area contributed by atoms with E-state index in [0.717, 1.165) is 16.8 Å². The molecule has 4 rings (SSSR count). The highest BCUT2D eigenvalue weighted by Crippen LogP contribution is 2.31. The molecule has 2 aromatic rings. The van der Waals surface area contributed by atoms with E-state index in [0.29, 0.717) is 31.9 Å². The highest BCUT2D eigenvalue weighted by Gasteiger charge is 2.40. The van der Waals surface area contributed by atoms with Gasteiger partial charge in [0.2, 0.25) is 0 Å². The summed E-state index contributed by atoms with van der Waals surface area (Å²) in [6.07, 6.45) is -3.53. The molecule has 202 valence electrons. The molecular formula is C26H36N4O7. The lowest BCUT2D eigenvalue weighted by molar-refractivity contribution is -0.383. The van der Waals surface area contributed by atoms with E-state index >= 15 is 0 Å². The fourth-order valence-electron chi connectivity index (χ4n) is 5.16. The number of nitro benzene ring substituents is 1. The van der Waals surface area contributed by atoms with Crippen molar-refractivity contribution in [2.75, 3.05) is 36.5 Å². The van der Waals surface area contributed by atoms with Crippen LogP contribution in [0.4, 0.5) is 17.1 Å². The molecule has 0 saturated carbocycles. The minimum atomic E-state index is -1.29. The van der Waals surface area contributed by atoms with Gasteiger partial charge in [0, 0.05) is 44.5 Å². The second-order valence-corrected chi connectivity index (χ2v) is 10.0. The number of benzene rings is 2. The Morgan fingerprint density at radius 3 is 2.27 bits per heavy atom. The first-order valence-corrected chi connectivity index (χ1v) is 12.6. The molecule has 2 fully saturated rings. The van der Waals surface area contributed by atoms with E-state index in [-0.39, 0.29) is 36.0 Å². The minimum Gasteiger partial charge on any atom is -0.395 e. The fourth-order valence-corrected chi connectivity index (χ4v) is 5.16. The van der Waals surface area contributed by atoms with E-state index in [1.165, 1.54) is 0 Å². The lowest BCUT2D eigenvalue weighted by atomic mass is 9.93. The third-order valence-electron chi connectivity index (χ3n) is 7.07. The summed E-state index contributed by atoms with van der Waals surface area (Å²) in [5.41, 5.74) is 3.08. The van der Waals surface area contributed by atoms with Crippen molar-refractivity contribution in [1.29, 1.82) is 0 Å². The molecule has 2 aliphatic rings. The van der Waals surface area contributed by atoms with E-state index < -0.39 is 24.4 Å². The van der Waals surface area contributed by atoms with Crippen LogP contribution in [0.15, 0.2) is 42.5 Å². The molecular weight excluding hydrogens is 480 g/mol. The van der Waals surface area contributed by atoms with Gasteiger partial charge in [-0.1, -0.05) is 24.3 Å². The van der Waals surface area contributed by atoms with Gasteiger partial charge in [0.25, 0.3) is 5.69 Å². The average molecular weight is 517 g/mol. The Morgan fingerprint density at radius 1 is 1.00 bits per heavy atom. The van der Waals surface area contributed by atoms with Gasteiger partial charge in [0.15, 0.2) is 0 Å². The topological polar surface area (TPSA) is 152 Å². The summed E-state index contributed by atoms with van der Waals surface area (Å²) < 4.78 is 5.77. The number of nitro groups is 1. The van der Waals surface area contributed by atoms with Gasteiger partial charge in [-0.25, -0.2) is 0 Å². The molecule has 0 amide bonds. The summed E-state index contributed by atoms with van der Waals surface area (Å²) >= 11 is 0. The molecule has 5 N–H and O–H groups in total. The number of hydrogen-bond donors (Lipinski definition) is 5. The summed E-state index contributed by atoms with van der Waals surface area (Å²) in [7, 11) is 0. The molecule has 6 atom stereocenters. The second-order valence-electron chi connectivity index (χ2n) is 10.0. The number of likely N-dealkylation sites (tertiary alicyclic amines) is 1. The predicted molar refractivity (Wildman–Crippen MR) is 138 cm³/mol. The zero-order chi connectivity index (χ0) is 26.7. The van der Waals surface area contributed by atoms with Crippen molar-refractivity contribution in [1.82, 2.24) is 4.90 Å². The van der Waals surface area contributed by atoms with Crippen LogP contribution in [0.1, 0.15) is 25.0 Å². The van der Waals surface area contributed by atoms with Crippen LogP contribution in [-0.2, 0) is 17.8 Å². The third kappa shape index (κ3) is 6.38. The summed E-state index contributed by atoms with van der Waals surface area (Å²) in [4.78, 5) is 15.3. The Hall–Kier alpha value is -2.80. The van der Waals surface area contributed by atoms with Crippen LogP contribution in [0.25, 0.3) is 0 Å². The molecule has 2 saturated heterocycles. The highest BCUT2D eigenvalue weighted by atomic mass is 16.6. The molecule has 0 unspecified atom stereocenters. The van der Waals surface area contributed by atoms with Gasteiger partial charge in [0.05, 0.1) is 35.9 Å². The van der Waals surface area contributed by atoms with E-state index in [1.54, 1.807) is 17.0 Å². The maximum absolute atomic E-state index is 11.8. The van der Waals surface area contributed by atoms with Crippen molar-refractivity contribution < 1.29 is 30.1 Å². The van der Waals surface area contributed by atoms with Crippen molar-refractivity contribution >= 4 is 17.1 Å². The molecule has 2 heterocycles.